The zero-order valence-corrected chi connectivity index (χ0v) is 15.2. The van der Waals surface area contributed by atoms with E-state index in [0.717, 1.165) is 12.2 Å². The number of benzene rings is 2. The number of hydrogen-bond acceptors (Lipinski definition) is 2. The van der Waals surface area contributed by atoms with Gasteiger partial charge in [-0.2, -0.15) is 0 Å². The first-order valence-corrected chi connectivity index (χ1v) is 9.05. The monoisotopic (exact) mass is 345 g/mol. The largest absolute Gasteiger partial charge is 0.467 e. The van der Waals surface area contributed by atoms with Crippen molar-refractivity contribution in [2.75, 3.05) is 0 Å². The number of rotatable bonds is 5. The quantitative estimate of drug-likeness (QED) is 0.739. The third-order valence-corrected chi connectivity index (χ3v) is 5.55. The number of carbonyl (C=O) groups excluding carboxylic acids is 1. The second-order valence-electron chi connectivity index (χ2n) is 7.16. The van der Waals surface area contributed by atoms with Crippen LogP contribution in [0.3, 0.4) is 0 Å². The molecule has 0 aliphatic heterocycles. The molecule has 0 saturated heterocycles. The van der Waals surface area contributed by atoms with Crippen molar-refractivity contribution in [1.29, 1.82) is 0 Å². The van der Waals surface area contributed by atoms with Gasteiger partial charge in [-0.1, -0.05) is 48.5 Å². The van der Waals surface area contributed by atoms with E-state index in [0.29, 0.717) is 6.54 Å². The van der Waals surface area contributed by atoms with Crippen molar-refractivity contribution < 1.29 is 9.21 Å². The van der Waals surface area contributed by atoms with Gasteiger partial charge >= 0.3 is 0 Å². The fourth-order valence-electron chi connectivity index (χ4n) is 4.18. The van der Waals surface area contributed by atoms with Crippen molar-refractivity contribution in [3.8, 4) is 0 Å². The van der Waals surface area contributed by atoms with E-state index in [1.165, 1.54) is 22.3 Å². The highest BCUT2D eigenvalue weighted by molar-refractivity contribution is 5.86. The summed E-state index contributed by atoms with van der Waals surface area (Å²) >= 11 is 0. The molecule has 1 aliphatic carbocycles. The molecule has 0 unspecified atom stereocenters. The lowest BCUT2D eigenvalue weighted by molar-refractivity contribution is -0.122. The molecule has 4 rings (SSSR count). The summed E-state index contributed by atoms with van der Waals surface area (Å²) in [7, 11) is 0. The van der Waals surface area contributed by atoms with Gasteiger partial charge in [-0.05, 0) is 54.7 Å². The van der Waals surface area contributed by atoms with Crippen LogP contribution in [-0.4, -0.2) is 5.91 Å². The first-order chi connectivity index (χ1) is 12.6. The van der Waals surface area contributed by atoms with Crippen LogP contribution in [0.2, 0.25) is 0 Å². The van der Waals surface area contributed by atoms with Crippen molar-refractivity contribution in [2.45, 2.75) is 32.2 Å². The zero-order chi connectivity index (χ0) is 18.1. The summed E-state index contributed by atoms with van der Waals surface area (Å²) < 4.78 is 5.33. The Morgan fingerprint density at radius 2 is 1.62 bits per heavy atom. The van der Waals surface area contributed by atoms with Gasteiger partial charge in [0.15, 0.2) is 0 Å². The van der Waals surface area contributed by atoms with Gasteiger partial charge in [0.2, 0.25) is 5.91 Å². The fourth-order valence-corrected chi connectivity index (χ4v) is 4.18. The van der Waals surface area contributed by atoms with Crippen LogP contribution >= 0.6 is 0 Å². The van der Waals surface area contributed by atoms with Gasteiger partial charge in [-0.25, -0.2) is 0 Å². The predicted octanol–water partition coefficient (Wildman–Crippen LogP) is 4.52. The summed E-state index contributed by atoms with van der Waals surface area (Å²) in [6.07, 6.45) is 2.47. The van der Waals surface area contributed by atoms with Crippen molar-refractivity contribution in [3.63, 3.8) is 0 Å². The molecule has 3 nitrogen and oxygen atoms in total. The molecule has 1 saturated carbocycles. The molecule has 0 radical (unpaired) electrons. The Labute approximate surface area is 154 Å². The molecule has 1 N–H and O–H groups in total. The molecule has 1 aromatic heterocycles. The molecule has 3 heteroatoms. The first kappa shape index (κ1) is 16.6. The maximum Gasteiger partial charge on any atom is 0.224 e. The molecule has 1 aliphatic rings. The van der Waals surface area contributed by atoms with Crippen LogP contribution in [-0.2, 0) is 16.8 Å². The molecule has 0 bridgehead atoms. The summed E-state index contributed by atoms with van der Waals surface area (Å²) in [5, 5.41) is 3.05. The number of furan rings is 1. The van der Waals surface area contributed by atoms with Crippen LogP contribution in [0.4, 0.5) is 0 Å². The van der Waals surface area contributed by atoms with E-state index in [2.05, 4.69) is 67.7 Å². The minimum absolute atomic E-state index is 0.0559. The standard InChI is InChI=1S/C23H23NO2/c1-16-8-3-5-11-19(16)23(20-12-6-4-9-17(20)2)14-21(23)22(25)24-15-18-10-7-13-26-18/h3-13,21H,14-15H2,1-2H3,(H,24,25)/t21-/m1/s1. The van der Waals surface area contributed by atoms with E-state index in [-0.39, 0.29) is 17.2 Å². The lowest BCUT2D eigenvalue weighted by Gasteiger charge is -2.23. The molecule has 1 atom stereocenters. The highest BCUT2D eigenvalue weighted by Gasteiger charge is 2.61. The molecule has 1 heterocycles. The Balaban J connectivity index is 1.67. The summed E-state index contributed by atoms with van der Waals surface area (Å²) in [6.45, 7) is 4.69. The Bertz CT molecular complexity index is 881. The molecule has 1 amide bonds. The molecule has 0 spiro atoms. The molecule has 3 aromatic rings. The van der Waals surface area contributed by atoms with Gasteiger partial charge in [0.1, 0.15) is 5.76 Å². The van der Waals surface area contributed by atoms with Crippen LogP contribution in [0.25, 0.3) is 0 Å². The van der Waals surface area contributed by atoms with E-state index in [1.807, 2.05) is 12.1 Å². The van der Waals surface area contributed by atoms with Crippen LogP contribution in [0, 0.1) is 19.8 Å². The minimum Gasteiger partial charge on any atom is -0.467 e. The van der Waals surface area contributed by atoms with E-state index < -0.39 is 0 Å². The molecule has 132 valence electrons. The summed E-state index contributed by atoms with van der Waals surface area (Å²) in [5.41, 5.74) is 4.75. The van der Waals surface area contributed by atoms with Gasteiger partial charge in [-0.3, -0.25) is 4.79 Å². The van der Waals surface area contributed by atoms with E-state index >= 15 is 0 Å². The van der Waals surface area contributed by atoms with Crippen molar-refractivity contribution in [1.82, 2.24) is 5.32 Å². The minimum atomic E-state index is -0.232. The maximum atomic E-state index is 12.9. The van der Waals surface area contributed by atoms with E-state index in [9.17, 15) is 4.79 Å². The average molecular weight is 345 g/mol. The van der Waals surface area contributed by atoms with Gasteiger partial charge in [0, 0.05) is 5.41 Å². The Morgan fingerprint density at radius 3 is 2.15 bits per heavy atom. The predicted molar refractivity (Wildman–Crippen MR) is 102 cm³/mol. The lowest BCUT2D eigenvalue weighted by atomic mass is 9.81. The Morgan fingerprint density at radius 1 is 1.00 bits per heavy atom. The third-order valence-electron chi connectivity index (χ3n) is 5.55. The number of amides is 1. The van der Waals surface area contributed by atoms with E-state index in [4.69, 9.17) is 4.42 Å². The molecular formula is C23H23NO2. The van der Waals surface area contributed by atoms with Crippen LogP contribution in [0.1, 0.15) is 34.4 Å². The SMILES string of the molecule is Cc1ccccc1C1(c2ccccc2C)C[C@@H]1C(=O)NCc1ccco1. The summed E-state index contributed by atoms with van der Waals surface area (Å²) in [5.74, 6) is 0.809. The van der Waals surface area contributed by atoms with Gasteiger partial charge in [0.05, 0.1) is 18.7 Å². The highest BCUT2D eigenvalue weighted by atomic mass is 16.3. The van der Waals surface area contributed by atoms with E-state index in [1.54, 1.807) is 6.26 Å². The summed E-state index contributed by atoms with van der Waals surface area (Å²) in [4.78, 5) is 12.9. The van der Waals surface area contributed by atoms with Crippen molar-refractivity contribution in [2.24, 2.45) is 5.92 Å². The number of hydrogen-bond donors (Lipinski definition) is 1. The molecule has 26 heavy (non-hydrogen) atoms. The van der Waals surface area contributed by atoms with Crippen molar-refractivity contribution >= 4 is 5.91 Å². The topological polar surface area (TPSA) is 42.2 Å². The average Bonchev–Trinajstić information content (AvgIpc) is 3.17. The van der Waals surface area contributed by atoms with Crippen LogP contribution in [0.15, 0.2) is 71.3 Å². The Kier molecular flexibility index (Phi) is 4.15. The fraction of sp³-hybridized carbons (Fsp3) is 0.261. The Hall–Kier alpha value is -2.81. The molecule has 1 fully saturated rings. The normalized spacial score (nSPS) is 17.7. The smallest absolute Gasteiger partial charge is 0.224 e. The second kappa shape index (κ2) is 6.49. The van der Waals surface area contributed by atoms with Crippen LogP contribution < -0.4 is 5.32 Å². The lowest BCUT2D eigenvalue weighted by Crippen LogP contribution is -2.29. The van der Waals surface area contributed by atoms with Gasteiger partial charge in [-0.15, -0.1) is 0 Å². The second-order valence-corrected chi connectivity index (χ2v) is 7.16. The highest BCUT2D eigenvalue weighted by Crippen LogP contribution is 2.60. The number of nitrogens with one attached hydrogen (secondary N) is 1. The zero-order valence-electron chi connectivity index (χ0n) is 15.2. The first-order valence-electron chi connectivity index (χ1n) is 9.05. The van der Waals surface area contributed by atoms with Crippen LogP contribution in [0.5, 0.6) is 0 Å². The van der Waals surface area contributed by atoms with Gasteiger partial charge < -0.3 is 9.73 Å². The molecular weight excluding hydrogens is 322 g/mol. The number of carbonyl (C=O) groups is 1. The molecule has 2 aromatic carbocycles. The number of aryl methyl sites for hydroxylation is 2. The van der Waals surface area contributed by atoms with Gasteiger partial charge in [0.25, 0.3) is 0 Å². The van der Waals surface area contributed by atoms with Crippen molar-refractivity contribution in [3.05, 3.63) is 94.9 Å². The summed E-state index contributed by atoms with van der Waals surface area (Å²) in [6, 6.07) is 20.6. The third kappa shape index (κ3) is 2.74. The maximum absolute atomic E-state index is 12.9.